The van der Waals surface area contributed by atoms with Gasteiger partial charge in [-0.2, -0.15) is 0 Å². The first kappa shape index (κ1) is 16.0. The lowest BCUT2D eigenvalue weighted by molar-refractivity contribution is -0.121. The number of carbonyl (C=O) groups is 1. The van der Waals surface area contributed by atoms with Crippen molar-refractivity contribution < 1.29 is 4.79 Å². The smallest absolute Gasteiger partial charge is 0.221 e. The molecule has 1 aromatic rings. The lowest BCUT2D eigenvalue weighted by atomic mass is 9.99. The molecule has 0 fully saturated rings. The van der Waals surface area contributed by atoms with Crippen LogP contribution < -0.4 is 16.0 Å². The Hall–Kier alpha value is -1.39. The third-order valence-corrected chi connectivity index (χ3v) is 3.81. The Kier molecular flexibility index (Phi) is 6.21. The molecule has 1 amide bonds. The average molecular weight is 289 g/mol. The molecular weight excluding hydrogens is 262 g/mol. The van der Waals surface area contributed by atoms with Gasteiger partial charge in [-0.25, -0.2) is 0 Å². The number of amides is 1. The monoisotopic (exact) mass is 289 g/mol. The van der Waals surface area contributed by atoms with Crippen molar-refractivity contribution in [2.45, 2.75) is 39.3 Å². The molecule has 21 heavy (non-hydrogen) atoms. The van der Waals surface area contributed by atoms with Crippen molar-refractivity contribution in [3.8, 4) is 0 Å². The Morgan fingerprint density at radius 3 is 3.00 bits per heavy atom. The maximum atomic E-state index is 11.7. The third-order valence-electron chi connectivity index (χ3n) is 3.81. The zero-order valence-corrected chi connectivity index (χ0v) is 13.1. The predicted molar refractivity (Wildman–Crippen MR) is 86.0 cm³/mol. The van der Waals surface area contributed by atoms with E-state index in [1.165, 1.54) is 11.1 Å². The van der Waals surface area contributed by atoms with Gasteiger partial charge in [0.25, 0.3) is 0 Å². The first-order chi connectivity index (χ1) is 10.2. The minimum atomic E-state index is 0.135. The van der Waals surface area contributed by atoms with Crippen LogP contribution in [0.15, 0.2) is 24.3 Å². The van der Waals surface area contributed by atoms with Crippen molar-refractivity contribution in [3.05, 3.63) is 35.4 Å². The molecule has 4 nitrogen and oxygen atoms in total. The maximum absolute atomic E-state index is 11.7. The number of benzene rings is 1. The fourth-order valence-corrected chi connectivity index (χ4v) is 2.64. The lowest BCUT2D eigenvalue weighted by Gasteiger charge is -2.19. The maximum Gasteiger partial charge on any atom is 0.221 e. The van der Waals surface area contributed by atoms with Crippen LogP contribution in [0.3, 0.4) is 0 Å². The van der Waals surface area contributed by atoms with Crippen LogP contribution >= 0.6 is 0 Å². The molecule has 116 valence electrons. The van der Waals surface area contributed by atoms with Gasteiger partial charge in [-0.05, 0) is 30.0 Å². The van der Waals surface area contributed by atoms with Gasteiger partial charge in [-0.1, -0.05) is 38.1 Å². The van der Waals surface area contributed by atoms with Crippen LogP contribution in [0.25, 0.3) is 0 Å². The molecule has 1 heterocycles. The Balaban J connectivity index is 1.82. The van der Waals surface area contributed by atoms with Crippen molar-refractivity contribution >= 4 is 5.91 Å². The van der Waals surface area contributed by atoms with Gasteiger partial charge in [-0.15, -0.1) is 0 Å². The van der Waals surface area contributed by atoms with Crippen LogP contribution in [-0.4, -0.2) is 25.5 Å². The second-order valence-electron chi connectivity index (χ2n) is 6.12. The first-order valence-electron chi connectivity index (χ1n) is 7.95. The highest BCUT2D eigenvalue weighted by atomic mass is 16.1. The van der Waals surface area contributed by atoms with E-state index in [9.17, 15) is 4.79 Å². The highest BCUT2D eigenvalue weighted by molar-refractivity contribution is 5.76. The Morgan fingerprint density at radius 1 is 1.38 bits per heavy atom. The van der Waals surface area contributed by atoms with E-state index in [0.29, 0.717) is 18.4 Å². The van der Waals surface area contributed by atoms with Crippen LogP contribution in [0.5, 0.6) is 0 Å². The molecule has 2 rings (SSSR count). The van der Waals surface area contributed by atoms with Gasteiger partial charge in [0, 0.05) is 32.1 Å². The van der Waals surface area contributed by atoms with Crippen LogP contribution in [0.4, 0.5) is 0 Å². The van der Waals surface area contributed by atoms with Crippen molar-refractivity contribution in [1.82, 2.24) is 16.0 Å². The molecule has 1 unspecified atom stereocenters. The average Bonchev–Trinajstić information content (AvgIpc) is 2.68. The number of carbonyl (C=O) groups excluding carboxylic acids is 1. The highest BCUT2D eigenvalue weighted by Crippen LogP contribution is 2.23. The summed E-state index contributed by atoms with van der Waals surface area (Å²) in [5, 5.41) is 9.94. The molecule has 0 bridgehead atoms. The zero-order chi connectivity index (χ0) is 15.1. The number of fused-ring (bicyclic) bond motifs is 1. The quantitative estimate of drug-likeness (QED) is 0.750. The van der Waals surface area contributed by atoms with Gasteiger partial charge in [0.05, 0.1) is 0 Å². The summed E-state index contributed by atoms with van der Waals surface area (Å²) < 4.78 is 0. The molecule has 4 heteroatoms. The summed E-state index contributed by atoms with van der Waals surface area (Å²) in [6, 6.07) is 8.89. The Bertz CT molecular complexity index is 459. The molecule has 1 atom stereocenters. The van der Waals surface area contributed by atoms with Gasteiger partial charge >= 0.3 is 0 Å². The van der Waals surface area contributed by atoms with Gasteiger partial charge in [0.2, 0.25) is 5.91 Å². The number of hydrogen-bond donors (Lipinski definition) is 3. The fraction of sp³-hybridized carbons (Fsp3) is 0.588. The lowest BCUT2D eigenvalue weighted by Crippen LogP contribution is -2.32. The van der Waals surface area contributed by atoms with E-state index in [1.54, 1.807) is 0 Å². The van der Waals surface area contributed by atoms with Crippen LogP contribution in [-0.2, 0) is 11.3 Å². The van der Waals surface area contributed by atoms with Crippen LogP contribution in [0.2, 0.25) is 0 Å². The highest BCUT2D eigenvalue weighted by Gasteiger charge is 2.17. The predicted octanol–water partition coefficient (Wildman–Crippen LogP) is 1.97. The normalized spacial score (nSPS) is 18.1. The minimum absolute atomic E-state index is 0.135. The Morgan fingerprint density at radius 2 is 2.19 bits per heavy atom. The van der Waals surface area contributed by atoms with E-state index in [2.05, 4.69) is 54.1 Å². The molecule has 1 aromatic carbocycles. The van der Waals surface area contributed by atoms with E-state index >= 15 is 0 Å². The summed E-state index contributed by atoms with van der Waals surface area (Å²) in [6.45, 7) is 7.63. The van der Waals surface area contributed by atoms with Gasteiger partial charge in [0.15, 0.2) is 0 Å². The van der Waals surface area contributed by atoms with Crippen LogP contribution in [0, 0.1) is 5.92 Å². The number of rotatable bonds is 6. The summed E-state index contributed by atoms with van der Waals surface area (Å²) in [7, 11) is 0. The van der Waals surface area contributed by atoms with E-state index in [4.69, 9.17) is 0 Å². The Labute approximate surface area is 127 Å². The molecule has 0 aromatic heterocycles. The fourth-order valence-electron chi connectivity index (χ4n) is 2.64. The van der Waals surface area contributed by atoms with E-state index < -0.39 is 0 Å². The summed E-state index contributed by atoms with van der Waals surface area (Å²) in [5.74, 6) is 0.637. The van der Waals surface area contributed by atoms with Crippen molar-refractivity contribution in [3.63, 3.8) is 0 Å². The number of hydrogen-bond acceptors (Lipinski definition) is 3. The van der Waals surface area contributed by atoms with E-state index in [0.717, 1.165) is 32.6 Å². The molecule has 1 aliphatic heterocycles. The van der Waals surface area contributed by atoms with E-state index in [-0.39, 0.29) is 5.91 Å². The molecular formula is C17H27N3O. The minimum Gasteiger partial charge on any atom is -0.356 e. The summed E-state index contributed by atoms with van der Waals surface area (Å²) in [6.07, 6.45) is 1.60. The first-order valence-corrected chi connectivity index (χ1v) is 7.95. The molecule has 3 N–H and O–H groups in total. The molecule has 0 spiro atoms. The molecule has 0 saturated carbocycles. The van der Waals surface area contributed by atoms with Gasteiger partial charge in [0.1, 0.15) is 0 Å². The molecule has 0 saturated heterocycles. The van der Waals surface area contributed by atoms with Crippen molar-refractivity contribution in [2.24, 2.45) is 5.92 Å². The zero-order valence-electron chi connectivity index (χ0n) is 13.1. The van der Waals surface area contributed by atoms with E-state index in [1.807, 2.05) is 0 Å². The van der Waals surface area contributed by atoms with Gasteiger partial charge < -0.3 is 16.0 Å². The van der Waals surface area contributed by atoms with Gasteiger partial charge in [-0.3, -0.25) is 4.79 Å². The topological polar surface area (TPSA) is 53.2 Å². The van der Waals surface area contributed by atoms with Crippen molar-refractivity contribution in [1.29, 1.82) is 0 Å². The second-order valence-corrected chi connectivity index (χ2v) is 6.12. The van der Waals surface area contributed by atoms with Crippen molar-refractivity contribution in [2.75, 3.05) is 19.6 Å². The SMILES string of the molecule is CC(C)CNC(=O)CCNC1CCNCc2ccccc21. The summed E-state index contributed by atoms with van der Waals surface area (Å²) in [5.41, 5.74) is 2.72. The summed E-state index contributed by atoms with van der Waals surface area (Å²) >= 11 is 0. The molecule has 0 radical (unpaired) electrons. The standard InChI is InChI=1S/C17H27N3O/c1-13(2)11-20-17(21)8-10-19-16-7-9-18-12-14-5-3-4-6-15(14)16/h3-6,13,16,18-19H,7-12H2,1-2H3,(H,20,21). The number of nitrogens with one attached hydrogen (secondary N) is 3. The summed E-state index contributed by atoms with van der Waals surface area (Å²) in [4.78, 5) is 11.7. The van der Waals surface area contributed by atoms with Crippen LogP contribution in [0.1, 0.15) is 43.9 Å². The third kappa shape index (κ3) is 5.14. The second kappa shape index (κ2) is 8.15. The molecule has 0 aliphatic carbocycles. The largest absolute Gasteiger partial charge is 0.356 e. The molecule has 1 aliphatic rings.